The van der Waals surface area contributed by atoms with E-state index in [1.807, 2.05) is 76.6 Å². The number of carbonyl (C=O) groups is 1. The van der Waals surface area contributed by atoms with Gasteiger partial charge in [0.25, 0.3) is 0 Å². The van der Waals surface area contributed by atoms with Crippen LogP contribution in [0.2, 0.25) is 0 Å². The number of H-pyrrole nitrogens is 4. The molecule has 9 aromatic carbocycles. The maximum atomic E-state index is 11.2. The van der Waals surface area contributed by atoms with Crippen LogP contribution < -0.4 is 5.32 Å². The molecule has 0 saturated heterocycles. The molecule has 0 bridgehead atoms. The molecule has 0 spiro atoms. The second kappa shape index (κ2) is 39.3. The monoisotopic (exact) mass is 1550 g/mol. The van der Waals surface area contributed by atoms with Crippen molar-refractivity contribution >= 4 is 141 Å². The zero-order valence-electron chi connectivity index (χ0n) is 68.3. The van der Waals surface area contributed by atoms with Gasteiger partial charge in [-0.25, -0.2) is 9.97 Å². The fraction of sp³-hybridized carbons (Fsp3) is 0.316. The highest BCUT2D eigenvalue weighted by Gasteiger charge is 2.21. The number of benzene rings is 9. The van der Waals surface area contributed by atoms with E-state index in [0.717, 1.165) is 27.8 Å². The number of aromatic nitrogens is 10. The second-order valence-electron chi connectivity index (χ2n) is 31.1. The third kappa shape index (κ3) is 21.4. The quantitative estimate of drug-likeness (QED) is 0.0958. The van der Waals surface area contributed by atoms with Crippen LogP contribution in [-0.4, -0.2) is 56.7 Å². The van der Waals surface area contributed by atoms with Crippen molar-refractivity contribution < 1.29 is 4.79 Å². The SMILES string of the molecule is CC(C)c1cccc2c1NC(=O)C2.CC(C)c1cccc2cc[nH]c12.CC(C)c1cccc2ccsc12.CC(C)c1cccc2cn[nH]c12.CC(C)c1cccc2n[nH]nc12.CC(C)c1cccc2ncsc12.CC(C)c1cccc2scnc12.Cc1cc(C(C)C)c2[nH]ncc2c1.Cc1cc2cccc(C(C)C)c2s1. The Balaban J connectivity index is 0.000000133. The largest absolute Gasteiger partial charge is 0.361 e. The number of hydrogen-bond donors (Lipinski definition) is 5. The fourth-order valence-corrected chi connectivity index (χ4v) is 17.6. The molecule has 0 atom stereocenters. The molecule has 0 aliphatic carbocycles. The van der Waals surface area contributed by atoms with E-state index in [2.05, 4.69) is 352 Å². The lowest BCUT2D eigenvalue weighted by molar-refractivity contribution is -0.115. The number of thiazole rings is 2. The van der Waals surface area contributed by atoms with Crippen molar-refractivity contribution in [1.82, 2.24) is 50.8 Å². The zero-order chi connectivity index (χ0) is 79.6. The molecule has 576 valence electrons. The van der Waals surface area contributed by atoms with Gasteiger partial charge in [0, 0.05) is 42.5 Å². The number of rotatable bonds is 9. The van der Waals surface area contributed by atoms with Gasteiger partial charge in [0.15, 0.2) is 0 Å². The van der Waals surface area contributed by atoms with Gasteiger partial charge in [-0.3, -0.25) is 15.0 Å². The molecule has 12 nitrogen and oxygen atoms in total. The molecule has 1 aliphatic rings. The lowest BCUT2D eigenvalue weighted by Crippen LogP contribution is -2.05. The highest BCUT2D eigenvalue weighted by molar-refractivity contribution is 7.19. The molecule has 111 heavy (non-hydrogen) atoms. The summed E-state index contributed by atoms with van der Waals surface area (Å²) in [5.41, 5.74) is 27.5. The van der Waals surface area contributed by atoms with Crippen molar-refractivity contribution in [1.29, 1.82) is 0 Å². The number of hydrogen-bond acceptors (Lipinski definition) is 11. The van der Waals surface area contributed by atoms with Crippen molar-refractivity contribution in [3.8, 4) is 0 Å². The number of aromatic amines is 4. The Morgan fingerprint density at radius 1 is 0.378 bits per heavy atom. The fourth-order valence-electron chi connectivity index (χ4n) is 13.7. The van der Waals surface area contributed by atoms with E-state index in [1.165, 1.54) is 128 Å². The normalized spacial score (nSPS) is 11.7. The molecule has 16 heteroatoms. The molecule has 18 rings (SSSR count). The summed E-state index contributed by atoms with van der Waals surface area (Å²) in [6.07, 6.45) is 6.28. The van der Waals surface area contributed by atoms with Crippen LogP contribution in [0.4, 0.5) is 5.69 Å². The number of nitrogens with zero attached hydrogens (tertiary/aromatic N) is 6. The zero-order valence-corrected chi connectivity index (χ0v) is 71.6. The van der Waals surface area contributed by atoms with Crippen LogP contribution in [0.5, 0.6) is 0 Å². The van der Waals surface area contributed by atoms with Gasteiger partial charge >= 0.3 is 0 Å². The summed E-state index contributed by atoms with van der Waals surface area (Å²) in [4.78, 5) is 24.5. The van der Waals surface area contributed by atoms with Gasteiger partial charge in [-0.15, -0.1) is 45.3 Å². The topological polar surface area (TPSA) is 170 Å². The van der Waals surface area contributed by atoms with Crippen LogP contribution in [0.3, 0.4) is 0 Å². The highest BCUT2D eigenvalue weighted by Crippen LogP contribution is 2.36. The van der Waals surface area contributed by atoms with Crippen molar-refractivity contribution in [2.75, 3.05) is 5.32 Å². The predicted molar refractivity (Wildman–Crippen MR) is 482 cm³/mol. The number of aryl methyl sites for hydroxylation is 2. The van der Waals surface area contributed by atoms with E-state index in [0.29, 0.717) is 59.7 Å². The Labute approximate surface area is 672 Å². The summed E-state index contributed by atoms with van der Waals surface area (Å²) in [7, 11) is 0. The minimum absolute atomic E-state index is 0.114. The Kier molecular flexibility index (Phi) is 29.5. The van der Waals surface area contributed by atoms with Gasteiger partial charge in [0.05, 0.1) is 61.3 Å². The lowest BCUT2D eigenvalue weighted by atomic mass is 9.98. The Bertz CT molecular complexity index is 5180. The maximum absolute atomic E-state index is 11.2. The lowest BCUT2D eigenvalue weighted by Gasteiger charge is -2.10. The van der Waals surface area contributed by atoms with Gasteiger partial charge < -0.3 is 10.3 Å². The number of amides is 1. The Morgan fingerprint density at radius 2 is 0.874 bits per heavy atom. The molecule has 0 radical (unpaired) electrons. The number of para-hydroxylation sites is 5. The molecule has 0 saturated carbocycles. The number of thiophene rings is 2. The minimum Gasteiger partial charge on any atom is -0.361 e. The van der Waals surface area contributed by atoms with Crippen molar-refractivity contribution in [3.05, 3.63) is 277 Å². The standard InChI is InChI=1S/C12H14S.C11H14N2.C11H13NO.C11H13N.C11H12S.C10H12N2.2C10H11NS.C9H11N3/c1-8(2)11-6-4-5-10-7-9(3)13-12(10)11;1-7(2)10-5-8(3)4-9-6-12-13-11(9)10;1-7(2)9-5-3-4-8-6-10(13)12-11(8)9;2*1-8(2)10-5-3-4-9-6-7-12-11(9)10;1-7(2)9-5-3-4-8-6-11-12-10(8)9;1-7(2)8-4-3-5-9-10(8)11-6-12-9;1-7(2)8-4-3-5-9-10(8)12-6-11-9;1-6(2)7-4-3-5-8-9(7)11-12-10-8/h4-8H,1-3H3;4-7H,1-3H3,(H,12,13);3-5,7H,6H2,1-2H3,(H,12,13);3-8,12H,1-2H3;3-8H,1-2H3;3-7H,1-2H3,(H,11,12);2*3-7H,1-2H3;3-6H,1-2H3,(H,10,11,12). The van der Waals surface area contributed by atoms with E-state index in [9.17, 15) is 4.79 Å². The summed E-state index contributed by atoms with van der Waals surface area (Å²) in [5.74, 6) is 5.18. The van der Waals surface area contributed by atoms with Crippen LogP contribution in [0.1, 0.15) is 244 Å². The van der Waals surface area contributed by atoms with Crippen LogP contribution >= 0.6 is 45.3 Å². The maximum Gasteiger partial charge on any atom is 0.228 e. The van der Waals surface area contributed by atoms with Crippen LogP contribution in [-0.2, 0) is 11.2 Å². The number of nitrogens with one attached hydrogen (secondary N) is 5. The number of fused-ring (bicyclic) bond motifs is 9. The van der Waals surface area contributed by atoms with E-state index >= 15 is 0 Å². The Morgan fingerprint density at radius 3 is 1.51 bits per heavy atom. The van der Waals surface area contributed by atoms with E-state index in [-0.39, 0.29) is 5.91 Å². The molecule has 9 heterocycles. The third-order valence-corrected chi connectivity index (χ3v) is 23.4. The van der Waals surface area contributed by atoms with Crippen molar-refractivity contribution in [2.45, 2.75) is 198 Å². The van der Waals surface area contributed by atoms with E-state index < -0.39 is 0 Å². The first-order chi connectivity index (χ1) is 53.3. The average Bonchev–Trinajstić information content (AvgIpc) is 1.64. The van der Waals surface area contributed by atoms with Crippen LogP contribution in [0.15, 0.2) is 211 Å². The predicted octanol–water partition coefficient (Wildman–Crippen LogP) is 28.6. The summed E-state index contributed by atoms with van der Waals surface area (Å²) in [6, 6.07) is 61.7. The average molecular weight is 1550 g/mol. The molecule has 0 fully saturated rings. The van der Waals surface area contributed by atoms with Gasteiger partial charge in [-0.1, -0.05) is 264 Å². The second-order valence-corrected chi connectivity index (χ2v) is 35.0. The van der Waals surface area contributed by atoms with Crippen molar-refractivity contribution in [3.63, 3.8) is 0 Å². The van der Waals surface area contributed by atoms with Gasteiger partial charge in [0.2, 0.25) is 5.91 Å². The first kappa shape index (κ1) is 83.5. The van der Waals surface area contributed by atoms with Gasteiger partial charge in [-0.05, 0) is 187 Å². The summed E-state index contributed by atoms with van der Waals surface area (Å²) in [5, 5.41) is 36.5. The summed E-state index contributed by atoms with van der Waals surface area (Å²) in [6.45, 7) is 43.9. The van der Waals surface area contributed by atoms with Crippen LogP contribution in [0.25, 0.3) is 84.3 Å². The summed E-state index contributed by atoms with van der Waals surface area (Å²) >= 11 is 7.19. The first-order valence-electron chi connectivity index (χ1n) is 39.0. The molecule has 1 amide bonds. The van der Waals surface area contributed by atoms with Crippen LogP contribution in [0, 0.1) is 13.8 Å². The highest BCUT2D eigenvalue weighted by atomic mass is 32.1. The molecule has 1 aliphatic heterocycles. The van der Waals surface area contributed by atoms with Gasteiger partial charge in [-0.2, -0.15) is 25.6 Å². The molecule has 8 aromatic heterocycles. The first-order valence-corrected chi connectivity index (χ1v) is 42.5. The Hall–Kier alpha value is -9.97. The van der Waals surface area contributed by atoms with Crippen molar-refractivity contribution in [2.24, 2.45) is 0 Å². The summed E-state index contributed by atoms with van der Waals surface area (Å²) < 4.78 is 5.55. The minimum atomic E-state index is 0.114. The van der Waals surface area contributed by atoms with E-state index in [4.69, 9.17) is 0 Å². The molecule has 5 N–H and O–H groups in total. The van der Waals surface area contributed by atoms with Gasteiger partial charge in [0.1, 0.15) is 11.0 Å². The molecular formula is C95H111N11OS4. The van der Waals surface area contributed by atoms with E-state index in [1.54, 1.807) is 22.7 Å². The molecular weight excluding hydrogens is 1440 g/mol. The molecule has 0 unspecified atom stereocenters. The molecule has 17 aromatic rings. The number of anilines is 1. The number of carbonyl (C=O) groups excluding carboxylic acids is 1. The smallest absolute Gasteiger partial charge is 0.228 e. The third-order valence-electron chi connectivity index (χ3n) is 19.6.